The topological polar surface area (TPSA) is 53.7 Å². The largest absolute Gasteiger partial charge is 0.466 e. The summed E-state index contributed by atoms with van der Waals surface area (Å²) < 4.78 is 5.26. The van der Waals surface area contributed by atoms with Crippen LogP contribution in [-0.2, 0) is 17.9 Å². The number of aliphatic hydroxyl groups is 1. The molecule has 1 aromatic heterocycles. The predicted octanol–water partition coefficient (Wildman–Crippen LogP) is 3.25. The summed E-state index contributed by atoms with van der Waals surface area (Å²) in [5, 5.41) is 10.3. The Morgan fingerprint density at radius 1 is 1.27 bits per heavy atom. The molecule has 0 bridgehead atoms. The molecule has 0 saturated carbocycles. The lowest BCUT2D eigenvalue weighted by molar-refractivity contribution is -0.132. The number of hydrogen-bond donors (Lipinski definition) is 1. The Hall–Kier alpha value is -2.07. The lowest BCUT2D eigenvalue weighted by Gasteiger charge is -2.16. The van der Waals surface area contributed by atoms with Gasteiger partial charge in [-0.15, -0.1) is 0 Å². The summed E-state index contributed by atoms with van der Waals surface area (Å²) >= 11 is 0. The predicted molar refractivity (Wildman–Crippen MR) is 82.9 cm³/mol. The third-order valence-electron chi connectivity index (χ3n) is 4.02. The number of amides is 1. The molecule has 116 valence electrons. The first-order valence-corrected chi connectivity index (χ1v) is 7.65. The second kappa shape index (κ2) is 5.97. The van der Waals surface area contributed by atoms with Crippen molar-refractivity contribution in [1.82, 2.24) is 4.90 Å². The van der Waals surface area contributed by atoms with Gasteiger partial charge in [0.25, 0.3) is 0 Å². The first-order valence-electron chi connectivity index (χ1n) is 7.65. The van der Waals surface area contributed by atoms with Crippen molar-refractivity contribution in [3.63, 3.8) is 0 Å². The Labute approximate surface area is 130 Å². The lowest BCUT2D eigenvalue weighted by atomic mass is 10.0. The molecule has 0 saturated heterocycles. The number of carbonyl (C=O) groups excluding carboxylic acids is 1. The minimum atomic E-state index is -0.763. The first kappa shape index (κ1) is 14.9. The summed E-state index contributed by atoms with van der Waals surface area (Å²) in [5.41, 5.74) is 3.07. The van der Waals surface area contributed by atoms with Crippen LogP contribution in [0.2, 0.25) is 0 Å². The monoisotopic (exact) mass is 299 g/mol. The van der Waals surface area contributed by atoms with E-state index in [4.69, 9.17) is 4.42 Å². The molecule has 1 N–H and O–H groups in total. The van der Waals surface area contributed by atoms with Gasteiger partial charge in [-0.1, -0.05) is 32.0 Å². The molecule has 1 aliphatic rings. The van der Waals surface area contributed by atoms with Crippen molar-refractivity contribution in [2.24, 2.45) is 5.92 Å². The summed E-state index contributed by atoms with van der Waals surface area (Å²) in [4.78, 5) is 14.1. The number of nitrogens with zero attached hydrogens (tertiary/aromatic N) is 1. The van der Waals surface area contributed by atoms with Crippen molar-refractivity contribution in [2.45, 2.75) is 39.5 Å². The summed E-state index contributed by atoms with van der Waals surface area (Å²) in [6, 6.07) is 9.40. The van der Waals surface area contributed by atoms with Crippen LogP contribution >= 0.6 is 0 Å². The number of fused-ring (bicyclic) bond motifs is 1. The number of carbonyl (C=O) groups is 1. The van der Waals surface area contributed by atoms with E-state index in [1.165, 1.54) is 0 Å². The molecule has 1 amide bonds. The fraction of sp³-hybridized carbons (Fsp3) is 0.389. The number of furan rings is 1. The third-order valence-corrected chi connectivity index (χ3v) is 4.02. The highest BCUT2D eigenvalue weighted by molar-refractivity contribution is 5.77. The van der Waals surface area contributed by atoms with Crippen molar-refractivity contribution in [3.05, 3.63) is 59.0 Å². The van der Waals surface area contributed by atoms with Crippen LogP contribution in [0.15, 0.2) is 41.0 Å². The average Bonchev–Trinajstić information content (AvgIpc) is 3.14. The summed E-state index contributed by atoms with van der Waals surface area (Å²) in [7, 11) is 0. The summed E-state index contributed by atoms with van der Waals surface area (Å²) in [6.07, 6.45) is 1.37. The normalized spacial score (nSPS) is 15.2. The van der Waals surface area contributed by atoms with Gasteiger partial charge in [-0.05, 0) is 34.7 Å². The summed E-state index contributed by atoms with van der Waals surface area (Å²) in [5.74, 6) is 1.09. The molecule has 1 aliphatic heterocycles. The van der Waals surface area contributed by atoms with E-state index in [9.17, 15) is 9.90 Å². The van der Waals surface area contributed by atoms with Crippen LogP contribution in [0.5, 0.6) is 0 Å². The van der Waals surface area contributed by atoms with E-state index in [-0.39, 0.29) is 5.91 Å². The van der Waals surface area contributed by atoms with E-state index in [0.29, 0.717) is 31.2 Å². The zero-order chi connectivity index (χ0) is 15.7. The maximum absolute atomic E-state index is 12.2. The molecular weight excluding hydrogens is 278 g/mol. The number of rotatable bonds is 4. The van der Waals surface area contributed by atoms with Crippen LogP contribution in [0.1, 0.15) is 48.8 Å². The SMILES string of the molecule is CC(C)CC(=O)N1Cc2ccc(C(O)c3ccco3)cc2C1. The Kier molecular flexibility index (Phi) is 4.03. The van der Waals surface area contributed by atoms with Crippen LogP contribution in [0.4, 0.5) is 0 Å². The highest BCUT2D eigenvalue weighted by Gasteiger charge is 2.25. The minimum absolute atomic E-state index is 0.194. The molecular formula is C18H21NO3. The first-order chi connectivity index (χ1) is 10.5. The second-order valence-electron chi connectivity index (χ2n) is 6.29. The molecule has 3 rings (SSSR count). The smallest absolute Gasteiger partial charge is 0.223 e. The van der Waals surface area contributed by atoms with Gasteiger partial charge in [-0.3, -0.25) is 4.79 Å². The van der Waals surface area contributed by atoms with Gasteiger partial charge in [0.2, 0.25) is 5.91 Å². The van der Waals surface area contributed by atoms with Crippen molar-refractivity contribution in [1.29, 1.82) is 0 Å². The van der Waals surface area contributed by atoms with E-state index in [1.807, 2.05) is 23.1 Å². The molecule has 0 spiro atoms. The highest BCUT2D eigenvalue weighted by Crippen LogP contribution is 2.29. The Morgan fingerprint density at radius 2 is 2.05 bits per heavy atom. The van der Waals surface area contributed by atoms with Crippen molar-refractivity contribution < 1.29 is 14.3 Å². The van der Waals surface area contributed by atoms with Crippen molar-refractivity contribution in [2.75, 3.05) is 0 Å². The second-order valence-corrected chi connectivity index (χ2v) is 6.29. The van der Waals surface area contributed by atoms with Gasteiger partial charge in [0.15, 0.2) is 0 Å². The zero-order valence-electron chi connectivity index (χ0n) is 13.0. The Balaban J connectivity index is 1.76. The molecule has 0 radical (unpaired) electrons. The average molecular weight is 299 g/mol. The molecule has 1 atom stereocenters. The van der Waals surface area contributed by atoms with Gasteiger partial charge in [-0.25, -0.2) is 0 Å². The van der Waals surface area contributed by atoms with E-state index in [1.54, 1.807) is 18.4 Å². The minimum Gasteiger partial charge on any atom is -0.466 e. The quantitative estimate of drug-likeness (QED) is 0.943. The van der Waals surface area contributed by atoms with E-state index >= 15 is 0 Å². The standard InChI is InChI=1S/C18H21NO3/c1-12(2)8-17(20)19-10-14-6-5-13(9-15(14)11-19)18(21)16-4-3-7-22-16/h3-7,9,12,18,21H,8,10-11H2,1-2H3. The van der Waals surface area contributed by atoms with Gasteiger partial charge in [-0.2, -0.15) is 0 Å². The van der Waals surface area contributed by atoms with E-state index < -0.39 is 6.10 Å². The highest BCUT2D eigenvalue weighted by atomic mass is 16.4. The molecule has 1 unspecified atom stereocenters. The van der Waals surface area contributed by atoms with Gasteiger partial charge >= 0.3 is 0 Å². The molecule has 1 aromatic carbocycles. The fourth-order valence-electron chi connectivity index (χ4n) is 2.85. The molecule has 4 nitrogen and oxygen atoms in total. The summed E-state index contributed by atoms with van der Waals surface area (Å²) in [6.45, 7) is 5.40. The number of aliphatic hydroxyl groups excluding tert-OH is 1. The van der Waals surface area contributed by atoms with Gasteiger partial charge in [0.1, 0.15) is 11.9 Å². The van der Waals surface area contributed by atoms with Crippen LogP contribution in [0.25, 0.3) is 0 Å². The fourth-order valence-corrected chi connectivity index (χ4v) is 2.85. The molecule has 22 heavy (non-hydrogen) atoms. The molecule has 0 aliphatic carbocycles. The van der Waals surface area contributed by atoms with Gasteiger partial charge < -0.3 is 14.4 Å². The van der Waals surface area contributed by atoms with E-state index in [0.717, 1.165) is 16.7 Å². The molecule has 2 aromatic rings. The molecule has 2 heterocycles. The maximum atomic E-state index is 12.2. The van der Waals surface area contributed by atoms with Crippen LogP contribution in [0.3, 0.4) is 0 Å². The number of benzene rings is 1. The van der Waals surface area contributed by atoms with Gasteiger partial charge in [0.05, 0.1) is 6.26 Å². The molecule has 4 heteroatoms. The van der Waals surface area contributed by atoms with Crippen LogP contribution in [0, 0.1) is 5.92 Å². The Bertz CT molecular complexity index is 661. The third kappa shape index (κ3) is 2.92. The molecule has 0 fully saturated rings. The number of hydrogen-bond acceptors (Lipinski definition) is 3. The van der Waals surface area contributed by atoms with Crippen molar-refractivity contribution in [3.8, 4) is 0 Å². The van der Waals surface area contributed by atoms with Crippen LogP contribution in [-0.4, -0.2) is 15.9 Å². The van der Waals surface area contributed by atoms with E-state index in [2.05, 4.69) is 13.8 Å². The lowest BCUT2D eigenvalue weighted by Crippen LogP contribution is -2.26. The zero-order valence-corrected chi connectivity index (χ0v) is 13.0. The van der Waals surface area contributed by atoms with Crippen molar-refractivity contribution >= 4 is 5.91 Å². The maximum Gasteiger partial charge on any atom is 0.223 e. The Morgan fingerprint density at radius 3 is 2.73 bits per heavy atom. The van der Waals surface area contributed by atoms with Crippen LogP contribution < -0.4 is 0 Å². The van der Waals surface area contributed by atoms with Gasteiger partial charge in [0, 0.05) is 19.5 Å².